The van der Waals surface area contributed by atoms with Crippen LogP contribution in [-0.2, 0) is 56.9 Å². The molecule has 0 saturated carbocycles. The zero-order valence-corrected chi connectivity index (χ0v) is 28.7. The van der Waals surface area contributed by atoms with E-state index < -0.39 is 0 Å². The number of carbonyl (C=O) groups is 1. The second-order valence-corrected chi connectivity index (χ2v) is 10.3. The smallest absolute Gasteiger partial charge is 0.305 e. The maximum atomic E-state index is 11.2. The number of hydrogen-bond donors (Lipinski definition) is 0. The Labute approximate surface area is 273 Å². The average molecular weight is 739 g/mol. The van der Waals surface area contributed by atoms with E-state index >= 15 is 0 Å². The van der Waals surface area contributed by atoms with Crippen molar-refractivity contribution in [3.05, 3.63) is 0 Å². The topological polar surface area (TPSA) is 119 Å². The molecule has 0 N–H and O–H groups in total. The van der Waals surface area contributed by atoms with Crippen LogP contribution in [0.4, 0.5) is 0 Å². The highest BCUT2D eigenvalue weighted by Gasteiger charge is 2.00. The van der Waals surface area contributed by atoms with Gasteiger partial charge in [0.2, 0.25) is 0 Å². The molecule has 0 aromatic rings. The van der Waals surface area contributed by atoms with Crippen LogP contribution >= 0.6 is 22.6 Å². The third-order valence-electron chi connectivity index (χ3n) is 5.47. The van der Waals surface area contributed by atoms with Crippen molar-refractivity contribution in [2.75, 3.05) is 143 Å². The molecule has 0 atom stereocenters. The maximum Gasteiger partial charge on any atom is 0.305 e. The van der Waals surface area contributed by atoms with Crippen molar-refractivity contribution in [1.82, 2.24) is 0 Å². The van der Waals surface area contributed by atoms with Crippen LogP contribution < -0.4 is 0 Å². The van der Waals surface area contributed by atoms with E-state index in [9.17, 15) is 4.79 Å². The van der Waals surface area contributed by atoms with E-state index in [2.05, 4.69) is 22.6 Å². The first-order valence-corrected chi connectivity index (χ1v) is 17.3. The van der Waals surface area contributed by atoms with Crippen molar-refractivity contribution in [3.8, 4) is 0 Å². The van der Waals surface area contributed by atoms with Gasteiger partial charge in [0.05, 0.1) is 126 Å². The summed E-state index contributed by atoms with van der Waals surface area (Å²) < 4.78 is 60.8. The molecule has 0 rings (SSSR count). The maximum absolute atomic E-state index is 11.2. The normalized spacial score (nSPS) is 11.4. The molecule has 13 heteroatoms. The first-order chi connectivity index (χ1) is 21.3. The molecule has 0 aliphatic rings. The third kappa shape index (κ3) is 39.8. The lowest BCUT2D eigenvalue weighted by molar-refractivity contribution is -0.145. The molecular formula is C30H59IO12. The molecule has 0 spiro atoms. The van der Waals surface area contributed by atoms with Crippen LogP contribution in [0.1, 0.15) is 45.4 Å². The number of esters is 1. The van der Waals surface area contributed by atoms with Crippen molar-refractivity contribution >= 4 is 28.6 Å². The van der Waals surface area contributed by atoms with Gasteiger partial charge in [0.25, 0.3) is 0 Å². The lowest BCUT2D eigenvalue weighted by Crippen LogP contribution is -2.15. The van der Waals surface area contributed by atoms with Gasteiger partial charge in [-0.2, -0.15) is 0 Å². The predicted molar refractivity (Wildman–Crippen MR) is 171 cm³/mol. The number of rotatable bonds is 38. The zero-order valence-electron chi connectivity index (χ0n) is 26.6. The molecule has 0 aliphatic carbocycles. The quantitative estimate of drug-likeness (QED) is 0.0400. The van der Waals surface area contributed by atoms with Crippen molar-refractivity contribution in [2.24, 2.45) is 0 Å². The summed E-state index contributed by atoms with van der Waals surface area (Å²) >= 11 is 2.42. The summed E-state index contributed by atoms with van der Waals surface area (Å²) in [6, 6.07) is 0. The molecule has 0 saturated heterocycles. The number of hydrogen-bond acceptors (Lipinski definition) is 12. The van der Waals surface area contributed by atoms with Crippen LogP contribution in [0.25, 0.3) is 0 Å². The van der Waals surface area contributed by atoms with Gasteiger partial charge in [-0.3, -0.25) is 4.79 Å². The fraction of sp³-hybridized carbons (Fsp3) is 0.967. The summed E-state index contributed by atoms with van der Waals surface area (Å²) in [4.78, 5) is 11.2. The van der Waals surface area contributed by atoms with Gasteiger partial charge in [-0.1, -0.05) is 42.4 Å². The van der Waals surface area contributed by atoms with Gasteiger partial charge in [0, 0.05) is 13.0 Å². The molecule has 258 valence electrons. The Kier molecular flexibility index (Phi) is 39.6. The van der Waals surface area contributed by atoms with Gasteiger partial charge in [0.15, 0.2) is 0 Å². The lowest BCUT2D eigenvalue weighted by Gasteiger charge is -2.09. The number of halogens is 1. The Morgan fingerprint density at radius 2 is 0.674 bits per heavy atom. The standard InChI is InChI=1S/C30H59IO12/c1-2-7-30(32)43-29-28-42-27-26-41-25-24-40-23-22-39-21-20-38-19-18-37-17-16-36-15-14-35-13-12-34-11-10-33-9-6-4-3-5-8-31/h2-29H2,1H3. The first-order valence-electron chi connectivity index (χ1n) is 15.8. The third-order valence-corrected chi connectivity index (χ3v) is 6.23. The van der Waals surface area contributed by atoms with Crippen LogP contribution in [0.5, 0.6) is 0 Å². The molecule has 12 nitrogen and oxygen atoms in total. The number of alkyl halides is 1. The summed E-state index contributed by atoms with van der Waals surface area (Å²) in [6.45, 7) is 12.8. The second kappa shape index (κ2) is 39.8. The molecular weight excluding hydrogens is 679 g/mol. The summed E-state index contributed by atoms with van der Waals surface area (Å²) in [7, 11) is 0. The van der Waals surface area contributed by atoms with Gasteiger partial charge in [-0.05, 0) is 23.7 Å². The van der Waals surface area contributed by atoms with Gasteiger partial charge < -0.3 is 52.1 Å². The molecule has 0 heterocycles. The fourth-order valence-electron chi connectivity index (χ4n) is 3.22. The molecule has 0 aromatic heterocycles. The molecule has 0 unspecified atom stereocenters. The molecule has 43 heavy (non-hydrogen) atoms. The second-order valence-electron chi connectivity index (χ2n) is 9.20. The van der Waals surface area contributed by atoms with E-state index in [0.29, 0.717) is 132 Å². The fourth-order valence-corrected chi connectivity index (χ4v) is 3.76. The van der Waals surface area contributed by atoms with Crippen molar-refractivity contribution in [1.29, 1.82) is 0 Å². The Morgan fingerprint density at radius 3 is 0.977 bits per heavy atom. The summed E-state index contributed by atoms with van der Waals surface area (Å²) in [6.07, 6.45) is 6.21. The Bertz CT molecular complexity index is 533. The van der Waals surface area contributed by atoms with Crippen molar-refractivity contribution in [3.63, 3.8) is 0 Å². The molecule has 0 amide bonds. The highest BCUT2D eigenvalue weighted by atomic mass is 127. The minimum Gasteiger partial charge on any atom is -0.463 e. The Morgan fingerprint density at radius 1 is 0.395 bits per heavy atom. The van der Waals surface area contributed by atoms with Crippen LogP contribution in [0.3, 0.4) is 0 Å². The van der Waals surface area contributed by atoms with E-state index in [1.807, 2.05) is 6.92 Å². The SMILES string of the molecule is CCCC(=O)OCCOCCOCCOCCOCCOCCOCCOCCOCCOCCOCCCCCCI. The zero-order chi connectivity index (χ0) is 31.2. The summed E-state index contributed by atoms with van der Waals surface area (Å²) in [5, 5.41) is 0. The van der Waals surface area contributed by atoms with E-state index in [0.717, 1.165) is 19.4 Å². The summed E-state index contributed by atoms with van der Waals surface area (Å²) in [5.41, 5.74) is 0. The number of ether oxygens (including phenoxy) is 11. The molecule has 0 aromatic carbocycles. The lowest BCUT2D eigenvalue weighted by atomic mass is 10.2. The van der Waals surface area contributed by atoms with Crippen LogP contribution in [-0.4, -0.2) is 149 Å². The van der Waals surface area contributed by atoms with Gasteiger partial charge in [-0.15, -0.1) is 0 Å². The number of carbonyl (C=O) groups excluding carboxylic acids is 1. The van der Waals surface area contributed by atoms with Crippen LogP contribution in [0.15, 0.2) is 0 Å². The Balaban J connectivity index is 3.05. The minimum atomic E-state index is -0.185. The van der Waals surface area contributed by atoms with Crippen LogP contribution in [0.2, 0.25) is 0 Å². The molecule has 0 aliphatic heterocycles. The van der Waals surface area contributed by atoms with Gasteiger partial charge in [-0.25, -0.2) is 0 Å². The van der Waals surface area contributed by atoms with Crippen molar-refractivity contribution in [2.45, 2.75) is 45.4 Å². The van der Waals surface area contributed by atoms with E-state index in [1.54, 1.807) is 0 Å². The molecule has 0 radical (unpaired) electrons. The van der Waals surface area contributed by atoms with Crippen molar-refractivity contribution < 1.29 is 56.9 Å². The largest absolute Gasteiger partial charge is 0.463 e. The average Bonchev–Trinajstić information content (AvgIpc) is 3.01. The number of unbranched alkanes of at least 4 members (excludes halogenated alkanes) is 3. The van der Waals surface area contributed by atoms with E-state index in [4.69, 9.17) is 52.1 Å². The Hall–Kier alpha value is -0.200. The first kappa shape index (κ1) is 42.8. The van der Waals surface area contributed by atoms with E-state index in [-0.39, 0.29) is 12.6 Å². The summed E-state index contributed by atoms with van der Waals surface area (Å²) in [5.74, 6) is -0.185. The van der Waals surface area contributed by atoms with Gasteiger partial charge in [0.1, 0.15) is 6.61 Å². The molecule has 0 fully saturated rings. The highest BCUT2D eigenvalue weighted by Crippen LogP contribution is 2.02. The van der Waals surface area contributed by atoms with E-state index in [1.165, 1.54) is 23.7 Å². The monoisotopic (exact) mass is 738 g/mol. The predicted octanol–water partition coefficient (Wildman–Crippen LogP) is 3.49. The van der Waals surface area contributed by atoms with Gasteiger partial charge >= 0.3 is 5.97 Å². The van der Waals surface area contributed by atoms with Crippen LogP contribution in [0, 0.1) is 0 Å². The highest BCUT2D eigenvalue weighted by molar-refractivity contribution is 14.1. The minimum absolute atomic E-state index is 0.185. The molecule has 0 bridgehead atoms.